The lowest BCUT2D eigenvalue weighted by molar-refractivity contribution is -0.159. The van der Waals surface area contributed by atoms with Crippen LogP contribution in [0.15, 0.2) is 24.3 Å². The molecule has 11 nitrogen and oxygen atoms in total. The Balaban J connectivity index is 5.02. The summed E-state index contributed by atoms with van der Waals surface area (Å²) in [5.74, 6) is 0.0796. The highest BCUT2D eigenvalue weighted by atomic mass is 16.7. The van der Waals surface area contributed by atoms with Crippen LogP contribution in [0.2, 0.25) is 0 Å². The van der Waals surface area contributed by atoms with E-state index in [9.17, 15) is 19.5 Å². The van der Waals surface area contributed by atoms with E-state index in [-0.39, 0.29) is 42.6 Å². The minimum Gasteiger partial charge on any atom is -0.466 e. The van der Waals surface area contributed by atoms with Crippen molar-refractivity contribution in [2.45, 2.75) is 337 Å². The average Bonchev–Trinajstić information content (AvgIpc) is 3.50. The number of unbranched alkanes of at least 4 members (excludes halogenated alkanes) is 27. The Labute approximate surface area is 520 Å². The number of carbonyl (C=O) groups excluding carboxylic acids is 3. The van der Waals surface area contributed by atoms with E-state index < -0.39 is 0 Å². The molecule has 1 N–H and O–H groups in total. The number of ether oxygens (including phenoxy) is 5. The molecule has 0 heterocycles. The van der Waals surface area contributed by atoms with Crippen molar-refractivity contribution >= 4 is 17.9 Å². The van der Waals surface area contributed by atoms with E-state index in [1.165, 1.54) is 103 Å². The molecule has 0 aliphatic rings. The van der Waals surface area contributed by atoms with Gasteiger partial charge in [0.05, 0.1) is 38.1 Å². The molecule has 0 aromatic heterocycles. The molecule has 84 heavy (non-hydrogen) atoms. The van der Waals surface area contributed by atoms with E-state index in [4.69, 9.17) is 23.7 Å². The minimum absolute atomic E-state index is 0.0424. The molecule has 11 heteroatoms. The van der Waals surface area contributed by atoms with E-state index in [0.717, 1.165) is 213 Å². The second kappa shape index (κ2) is 66.6. The predicted octanol–water partition coefficient (Wildman–Crippen LogP) is 19.6. The first kappa shape index (κ1) is 81.7. The number of rotatable bonds is 68. The van der Waals surface area contributed by atoms with Crippen molar-refractivity contribution in [2.75, 3.05) is 78.9 Å². The van der Waals surface area contributed by atoms with Gasteiger partial charge in [-0.05, 0) is 142 Å². The van der Waals surface area contributed by atoms with Crippen molar-refractivity contribution in [3.63, 3.8) is 0 Å². The van der Waals surface area contributed by atoms with Gasteiger partial charge in [0.1, 0.15) is 0 Å². The van der Waals surface area contributed by atoms with Gasteiger partial charge in [0.15, 0.2) is 6.29 Å². The van der Waals surface area contributed by atoms with Gasteiger partial charge in [0.25, 0.3) is 0 Å². The average molecular weight is 1190 g/mol. The molecule has 2 atom stereocenters. The van der Waals surface area contributed by atoms with Crippen LogP contribution in [-0.4, -0.2) is 118 Å². The Morgan fingerprint density at radius 3 is 1.08 bits per heavy atom. The van der Waals surface area contributed by atoms with E-state index in [0.29, 0.717) is 45.9 Å². The van der Waals surface area contributed by atoms with Gasteiger partial charge >= 0.3 is 17.9 Å². The number of aliphatic hydroxyl groups is 1. The molecule has 0 aliphatic heterocycles. The summed E-state index contributed by atoms with van der Waals surface area (Å²) in [7, 11) is 0. The summed E-state index contributed by atoms with van der Waals surface area (Å²) in [6.45, 7) is 22.5. The molecule has 0 amide bonds. The normalized spacial score (nSPS) is 12.7. The molecule has 0 spiro atoms. The maximum absolute atomic E-state index is 12.9. The van der Waals surface area contributed by atoms with Crippen LogP contribution in [0.25, 0.3) is 0 Å². The third-order valence-corrected chi connectivity index (χ3v) is 16.5. The first-order valence-corrected chi connectivity index (χ1v) is 36.4. The summed E-state index contributed by atoms with van der Waals surface area (Å²) in [6.07, 6.45) is 57.2. The number of hydrogen-bond acceptors (Lipinski definition) is 11. The molecule has 0 aliphatic carbocycles. The van der Waals surface area contributed by atoms with Gasteiger partial charge in [-0.1, -0.05) is 220 Å². The quantitative estimate of drug-likeness (QED) is 0.0206. The zero-order valence-electron chi connectivity index (χ0n) is 56.5. The number of allylic oxidation sites excluding steroid dienone is 4. The highest BCUT2D eigenvalue weighted by Gasteiger charge is 2.21. The highest BCUT2D eigenvalue weighted by Crippen LogP contribution is 2.22. The second-order valence-electron chi connectivity index (χ2n) is 24.5. The van der Waals surface area contributed by atoms with Gasteiger partial charge in [-0.2, -0.15) is 0 Å². The fourth-order valence-electron chi connectivity index (χ4n) is 11.0. The lowest BCUT2D eigenvalue weighted by Gasteiger charge is -2.28. The van der Waals surface area contributed by atoms with Crippen LogP contribution in [0.1, 0.15) is 330 Å². The third kappa shape index (κ3) is 56.2. The van der Waals surface area contributed by atoms with Crippen molar-refractivity contribution in [2.24, 2.45) is 11.8 Å². The SMILES string of the molecule is CC/C=C\CCCCOC(CCC(=O)OCCCCCCN(CCCO)CCN(CCCCCCCCCOC(=O)C(CCCC)CCCCCC)CCCCCCCCCOC(=O)C(CCCC)CCCCCC)OCCCC/C=C\CC. The Kier molecular flexibility index (Phi) is 64.8. The van der Waals surface area contributed by atoms with Gasteiger partial charge in [0, 0.05) is 45.9 Å². The van der Waals surface area contributed by atoms with E-state index in [1.54, 1.807) is 0 Å². The van der Waals surface area contributed by atoms with Crippen molar-refractivity contribution in [1.82, 2.24) is 9.80 Å². The first-order valence-electron chi connectivity index (χ1n) is 36.4. The number of hydrogen-bond donors (Lipinski definition) is 1. The molecule has 0 rings (SSSR count). The fourth-order valence-corrected chi connectivity index (χ4v) is 11.0. The van der Waals surface area contributed by atoms with Gasteiger partial charge in [-0.15, -0.1) is 0 Å². The highest BCUT2D eigenvalue weighted by molar-refractivity contribution is 5.72. The topological polar surface area (TPSA) is 124 Å². The molecule has 0 saturated heterocycles. The second-order valence-corrected chi connectivity index (χ2v) is 24.5. The summed E-state index contributed by atoms with van der Waals surface area (Å²) < 4.78 is 29.5. The van der Waals surface area contributed by atoms with Crippen molar-refractivity contribution in [3.05, 3.63) is 24.3 Å². The van der Waals surface area contributed by atoms with Crippen LogP contribution in [0.3, 0.4) is 0 Å². The molecule has 0 aromatic rings. The summed E-state index contributed by atoms with van der Waals surface area (Å²) in [4.78, 5) is 43.9. The maximum atomic E-state index is 12.9. The molecule has 496 valence electrons. The number of nitrogens with zero attached hydrogens (tertiary/aromatic N) is 2. The number of carbonyl (C=O) groups is 3. The van der Waals surface area contributed by atoms with Crippen LogP contribution in [0, 0.1) is 11.8 Å². The Morgan fingerprint density at radius 2 is 0.690 bits per heavy atom. The first-order chi connectivity index (χ1) is 41.3. The van der Waals surface area contributed by atoms with Gasteiger partial charge < -0.3 is 38.6 Å². The summed E-state index contributed by atoms with van der Waals surface area (Å²) in [5.41, 5.74) is 0. The summed E-state index contributed by atoms with van der Waals surface area (Å²) >= 11 is 0. The number of esters is 3. The monoisotopic (exact) mass is 1190 g/mol. The predicted molar refractivity (Wildman–Crippen MR) is 356 cm³/mol. The fraction of sp³-hybridized carbons (Fsp3) is 0.904. The maximum Gasteiger partial charge on any atom is 0.308 e. The minimum atomic E-state index is -0.373. The van der Waals surface area contributed by atoms with Crippen LogP contribution in [0.5, 0.6) is 0 Å². The molecule has 0 radical (unpaired) electrons. The van der Waals surface area contributed by atoms with Crippen molar-refractivity contribution < 1.29 is 43.2 Å². The Hall–Kier alpha value is -2.31. The zero-order valence-corrected chi connectivity index (χ0v) is 56.5. The number of aliphatic hydroxyl groups excluding tert-OH is 1. The Morgan fingerprint density at radius 1 is 0.345 bits per heavy atom. The lowest BCUT2D eigenvalue weighted by Crippen LogP contribution is -2.37. The summed E-state index contributed by atoms with van der Waals surface area (Å²) in [5, 5.41) is 9.81. The molecule has 0 fully saturated rings. The molecular formula is C73H140N2O9. The van der Waals surface area contributed by atoms with Gasteiger partial charge in [0.2, 0.25) is 0 Å². The third-order valence-electron chi connectivity index (χ3n) is 16.5. The molecule has 2 unspecified atom stereocenters. The molecule has 0 bridgehead atoms. The van der Waals surface area contributed by atoms with Crippen molar-refractivity contribution in [1.29, 1.82) is 0 Å². The van der Waals surface area contributed by atoms with Gasteiger partial charge in [-0.3, -0.25) is 14.4 Å². The largest absolute Gasteiger partial charge is 0.466 e. The van der Waals surface area contributed by atoms with Gasteiger partial charge in [-0.25, -0.2) is 0 Å². The van der Waals surface area contributed by atoms with Crippen LogP contribution < -0.4 is 0 Å². The van der Waals surface area contributed by atoms with E-state index >= 15 is 0 Å². The van der Waals surface area contributed by atoms with Crippen LogP contribution >= 0.6 is 0 Å². The van der Waals surface area contributed by atoms with E-state index in [1.807, 2.05) is 0 Å². The van der Waals surface area contributed by atoms with Crippen LogP contribution in [0.4, 0.5) is 0 Å². The van der Waals surface area contributed by atoms with Crippen LogP contribution in [-0.2, 0) is 38.1 Å². The zero-order chi connectivity index (χ0) is 61.3. The molecule has 0 saturated carbocycles. The summed E-state index contributed by atoms with van der Waals surface area (Å²) in [6, 6.07) is 0. The molecule has 0 aromatic carbocycles. The molecular weight excluding hydrogens is 1050 g/mol. The van der Waals surface area contributed by atoms with Crippen molar-refractivity contribution in [3.8, 4) is 0 Å². The van der Waals surface area contributed by atoms with E-state index in [2.05, 4.69) is 75.6 Å². The lowest BCUT2D eigenvalue weighted by atomic mass is 9.95. The standard InChI is InChI=1S/C73H140N2O9/c1-7-13-19-23-34-45-64-81-71(82-65-46-35-24-20-14-8-2)55-54-70(77)80-63-44-38-33-43-58-75(59-49-62-76)61-60-74(56-41-31-27-25-29-36-47-66-83-72(78)68(50-17-11-5)52-39-21-15-9-3)57-42-32-28-26-30-37-48-67-84-73(79)69(51-18-12-6)53-40-22-16-10-4/h13-14,19-20,68-69,71,76H,7-12,15-18,21-67H2,1-6H3/b19-13-,20-14-. The Bertz CT molecular complexity index is 1360. The smallest absolute Gasteiger partial charge is 0.308 e.